The lowest BCUT2D eigenvalue weighted by Crippen LogP contribution is -2.42. The van der Waals surface area contributed by atoms with E-state index in [1.165, 1.54) is 16.4 Å². The number of carbonyl (C=O) groups is 1. The Bertz CT molecular complexity index is 1170. The molecule has 176 valence electrons. The van der Waals surface area contributed by atoms with Gasteiger partial charge < -0.3 is 10.6 Å². The van der Waals surface area contributed by atoms with Gasteiger partial charge >= 0.3 is 0 Å². The molecule has 3 atom stereocenters. The van der Waals surface area contributed by atoms with E-state index in [-0.39, 0.29) is 39.9 Å². The van der Waals surface area contributed by atoms with Gasteiger partial charge in [0.25, 0.3) is 5.69 Å². The Hall–Kier alpha value is -2.98. The van der Waals surface area contributed by atoms with Crippen LogP contribution >= 0.6 is 0 Å². The zero-order valence-corrected chi connectivity index (χ0v) is 19.5. The van der Waals surface area contributed by atoms with Crippen molar-refractivity contribution in [2.75, 3.05) is 30.3 Å². The van der Waals surface area contributed by atoms with Crippen LogP contribution in [0.5, 0.6) is 0 Å². The molecule has 2 aromatic rings. The zero-order chi connectivity index (χ0) is 23.8. The summed E-state index contributed by atoms with van der Waals surface area (Å²) in [5.41, 5.74) is 1.62. The number of sulfonamides is 1. The minimum atomic E-state index is -3.83. The summed E-state index contributed by atoms with van der Waals surface area (Å²) in [6.45, 7) is 5.16. The minimum absolute atomic E-state index is 0.0786. The van der Waals surface area contributed by atoms with Crippen molar-refractivity contribution in [2.24, 2.45) is 11.8 Å². The van der Waals surface area contributed by atoms with Crippen molar-refractivity contribution in [1.29, 1.82) is 0 Å². The van der Waals surface area contributed by atoms with Crippen LogP contribution in [0.1, 0.15) is 38.2 Å². The standard InChI is InChI=1S/C23H28N4O5S/c1-15-11-16(2)14-26(13-15)33(31,32)17-7-8-21(22(12-17)27(29)30)24-10-9-19-18-5-3-4-6-20(18)25-23(19)28/h3-8,12,15-16,19,24H,9-11,13-14H2,1-2H3,(H,25,28)/t15-,16-,19-/m1/s1. The number of nitrogens with one attached hydrogen (secondary N) is 2. The molecule has 0 unspecified atom stereocenters. The molecule has 0 radical (unpaired) electrons. The predicted molar refractivity (Wildman–Crippen MR) is 126 cm³/mol. The highest BCUT2D eigenvalue weighted by Gasteiger charge is 2.33. The van der Waals surface area contributed by atoms with Gasteiger partial charge in [-0.15, -0.1) is 0 Å². The van der Waals surface area contributed by atoms with Gasteiger partial charge in [-0.25, -0.2) is 8.42 Å². The lowest BCUT2D eigenvalue weighted by Gasteiger charge is -2.34. The molecular formula is C23H28N4O5S. The number of fused-ring (bicyclic) bond motifs is 1. The molecule has 0 saturated carbocycles. The molecule has 2 N–H and O–H groups in total. The number of hydrogen-bond acceptors (Lipinski definition) is 6. The van der Waals surface area contributed by atoms with Gasteiger partial charge in [-0.2, -0.15) is 4.31 Å². The Morgan fingerprint density at radius 2 is 1.85 bits per heavy atom. The Balaban J connectivity index is 1.50. The number of nitro groups is 1. The van der Waals surface area contributed by atoms with Crippen molar-refractivity contribution in [3.05, 3.63) is 58.1 Å². The minimum Gasteiger partial charge on any atom is -0.379 e. The van der Waals surface area contributed by atoms with Crippen molar-refractivity contribution >= 4 is 33.0 Å². The van der Waals surface area contributed by atoms with E-state index >= 15 is 0 Å². The van der Waals surface area contributed by atoms with E-state index in [1.54, 1.807) is 0 Å². The average Bonchev–Trinajstić information content (AvgIpc) is 3.08. The van der Waals surface area contributed by atoms with Gasteiger partial charge in [0, 0.05) is 31.4 Å². The fourth-order valence-corrected chi connectivity index (χ4v) is 6.54. The van der Waals surface area contributed by atoms with Crippen LogP contribution in [0, 0.1) is 22.0 Å². The van der Waals surface area contributed by atoms with Gasteiger partial charge in [0.2, 0.25) is 15.9 Å². The normalized spacial score (nSPS) is 23.1. The van der Waals surface area contributed by atoms with E-state index in [9.17, 15) is 23.3 Å². The maximum absolute atomic E-state index is 13.1. The molecule has 2 heterocycles. The fourth-order valence-electron chi connectivity index (χ4n) is 4.84. The summed E-state index contributed by atoms with van der Waals surface area (Å²) in [5, 5.41) is 17.6. The van der Waals surface area contributed by atoms with Crippen LogP contribution in [-0.4, -0.2) is 43.2 Å². The third-order valence-electron chi connectivity index (χ3n) is 6.30. The number of amides is 1. The Kier molecular flexibility index (Phi) is 6.40. The highest BCUT2D eigenvalue weighted by atomic mass is 32.2. The van der Waals surface area contributed by atoms with Crippen LogP contribution in [0.2, 0.25) is 0 Å². The Labute approximate surface area is 193 Å². The first-order valence-corrected chi connectivity index (χ1v) is 12.5. The van der Waals surface area contributed by atoms with Crippen LogP contribution in [0.4, 0.5) is 17.1 Å². The van der Waals surface area contributed by atoms with Gasteiger partial charge in [-0.05, 0) is 48.4 Å². The van der Waals surface area contributed by atoms with Gasteiger partial charge in [-0.3, -0.25) is 14.9 Å². The molecule has 4 rings (SSSR count). The summed E-state index contributed by atoms with van der Waals surface area (Å²) in [4.78, 5) is 23.3. The van der Waals surface area contributed by atoms with Gasteiger partial charge in [0.05, 0.1) is 15.7 Å². The van der Waals surface area contributed by atoms with Crippen LogP contribution < -0.4 is 10.6 Å². The maximum atomic E-state index is 13.1. The van der Waals surface area contributed by atoms with Crippen molar-refractivity contribution in [1.82, 2.24) is 4.31 Å². The number of rotatable bonds is 7. The maximum Gasteiger partial charge on any atom is 0.293 e. The lowest BCUT2D eigenvalue weighted by atomic mass is 9.94. The summed E-state index contributed by atoms with van der Waals surface area (Å²) >= 11 is 0. The third-order valence-corrected chi connectivity index (χ3v) is 8.13. The number of hydrogen-bond donors (Lipinski definition) is 2. The highest BCUT2D eigenvalue weighted by Crippen LogP contribution is 2.35. The van der Waals surface area contributed by atoms with Crippen molar-refractivity contribution < 1.29 is 18.1 Å². The summed E-state index contributed by atoms with van der Waals surface area (Å²) in [7, 11) is -3.83. The smallest absolute Gasteiger partial charge is 0.293 e. The molecule has 1 amide bonds. The van der Waals surface area contributed by atoms with Gasteiger partial charge in [0.1, 0.15) is 5.69 Å². The number of nitrogens with zero attached hydrogens (tertiary/aromatic N) is 2. The average molecular weight is 473 g/mol. The fraction of sp³-hybridized carbons (Fsp3) is 0.435. The summed E-state index contributed by atoms with van der Waals surface area (Å²) < 4.78 is 27.7. The SMILES string of the molecule is C[C@@H]1C[C@@H](C)CN(S(=O)(=O)c2ccc(NCC[C@H]3C(=O)Nc4ccccc43)c([N+](=O)[O-])c2)C1. The second-order valence-corrected chi connectivity index (χ2v) is 11.0. The number of anilines is 2. The molecule has 10 heteroatoms. The number of para-hydroxylation sites is 1. The molecular weight excluding hydrogens is 444 g/mol. The van der Waals surface area contributed by atoms with Crippen molar-refractivity contribution in [2.45, 2.75) is 37.5 Å². The molecule has 0 spiro atoms. The second-order valence-electron chi connectivity index (χ2n) is 9.05. The van der Waals surface area contributed by atoms with Crippen LogP contribution in [-0.2, 0) is 14.8 Å². The van der Waals surface area contributed by atoms with Crippen molar-refractivity contribution in [3.63, 3.8) is 0 Å². The molecule has 2 aromatic carbocycles. The quantitative estimate of drug-likeness (QED) is 0.467. The van der Waals surface area contributed by atoms with E-state index in [1.807, 2.05) is 38.1 Å². The summed E-state index contributed by atoms with van der Waals surface area (Å²) in [6, 6.07) is 11.4. The van der Waals surface area contributed by atoms with Crippen LogP contribution in [0.25, 0.3) is 0 Å². The molecule has 0 bridgehead atoms. The first-order chi connectivity index (χ1) is 15.7. The van der Waals surface area contributed by atoms with E-state index in [4.69, 9.17) is 0 Å². The molecule has 2 aliphatic heterocycles. The number of nitro benzene ring substituents is 1. The number of carbonyl (C=O) groups excluding carboxylic acids is 1. The third kappa shape index (κ3) is 4.72. The number of benzene rings is 2. The number of piperidine rings is 1. The molecule has 2 aliphatic rings. The summed E-state index contributed by atoms with van der Waals surface area (Å²) in [6.07, 6.45) is 1.40. The molecule has 9 nitrogen and oxygen atoms in total. The first kappa shape index (κ1) is 23.2. The van der Waals surface area contributed by atoms with E-state index in [0.717, 1.165) is 23.7 Å². The molecule has 1 saturated heterocycles. The van der Waals surface area contributed by atoms with Crippen LogP contribution in [0.15, 0.2) is 47.4 Å². The summed E-state index contributed by atoms with van der Waals surface area (Å²) in [5.74, 6) is 0.0316. The van der Waals surface area contributed by atoms with Gasteiger partial charge in [-0.1, -0.05) is 32.0 Å². The van der Waals surface area contributed by atoms with Gasteiger partial charge in [0.15, 0.2) is 0 Å². The Morgan fingerprint density at radius 1 is 1.15 bits per heavy atom. The molecule has 0 aromatic heterocycles. The molecule has 1 fully saturated rings. The predicted octanol–water partition coefficient (Wildman–Crippen LogP) is 3.80. The topological polar surface area (TPSA) is 122 Å². The van der Waals surface area contributed by atoms with E-state index < -0.39 is 14.9 Å². The lowest BCUT2D eigenvalue weighted by molar-refractivity contribution is -0.384. The van der Waals surface area contributed by atoms with E-state index in [0.29, 0.717) is 26.1 Å². The van der Waals surface area contributed by atoms with E-state index in [2.05, 4.69) is 10.6 Å². The highest BCUT2D eigenvalue weighted by molar-refractivity contribution is 7.89. The zero-order valence-electron chi connectivity index (χ0n) is 18.7. The van der Waals surface area contributed by atoms with Crippen LogP contribution in [0.3, 0.4) is 0 Å². The Morgan fingerprint density at radius 3 is 2.55 bits per heavy atom. The largest absolute Gasteiger partial charge is 0.379 e. The first-order valence-electron chi connectivity index (χ1n) is 11.1. The molecule has 0 aliphatic carbocycles. The second kappa shape index (κ2) is 9.11. The monoisotopic (exact) mass is 472 g/mol. The van der Waals surface area contributed by atoms with Crippen molar-refractivity contribution in [3.8, 4) is 0 Å². The molecule has 33 heavy (non-hydrogen) atoms.